The van der Waals surface area contributed by atoms with E-state index in [1.807, 2.05) is 36.2 Å². The van der Waals surface area contributed by atoms with Crippen LogP contribution in [0, 0.1) is 0 Å². The van der Waals surface area contributed by atoms with Crippen LogP contribution in [0.15, 0.2) is 24.3 Å². The Balaban J connectivity index is 1.73. The topological polar surface area (TPSA) is 55.6 Å². The molecule has 0 bridgehead atoms. The molecule has 1 aromatic carbocycles. The molecular weight excluding hydrogens is 264 g/mol. The molecule has 1 saturated carbocycles. The molecule has 0 saturated heterocycles. The second kappa shape index (κ2) is 6.06. The highest BCUT2D eigenvalue weighted by atomic mass is 16.5. The lowest BCUT2D eigenvalue weighted by Gasteiger charge is -2.36. The van der Waals surface area contributed by atoms with E-state index >= 15 is 0 Å². The third-order valence-corrected chi connectivity index (χ3v) is 4.89. The number of ether oxygens (including phenoxy) is 1. The third-order valence-electron chi connectivity index (χ3n) is 4.89. The molecule has 0 radical (unpaired) electrons. The van der Waals surface area contributed by atoms with Gasteiger partial charge in [-0.2, -0.15) is 0 Å². The summed E-state index contributed by atoms with van der Waals surface area (Å²) >= 11 is 0. The Labute approximate surface area is 126 Å². The van der Waals surface area contributed by atoms with E-state index in [2.05, 4.69) is 0 Å². The van der Waals surface area contributed by atoms with Gasteiger partial charge in [-0.1, -0.05) is 18.2 Å². The lowest BCUT2D eigenvalue weighted by Crippen LogP contribution is -2.44. The van der Waals surface area contributed by atoms with Gasteiger partial charge in [-0.05, 0) is 38.2 Å². The Morgan fingerprint density at radius 1 is 1.19 bits per heavy atom. The summed E-state index contributed by atoms with van der Waals surface area (Å²) in [6.45, 7) is 0.622. The lowest BCUT2D eigenvalue weighted by atomic mass is 9.88. The zero-order chi connectivity index (χ0) is 14.8. The van der Waals surface area contributed by atoms with Crippen molar-refractivity contribution in [2.45, 2.75) is 50.1 Å². The van der Waals surface area contributed by atoms with Crippen molar-refractivity contribution in [2.24, 2.45) is 5.73 Å². The minimum absolute atomic E-state index is 0.0597. The molecule has 1 aromatic rings. The van der Waals surface area contributed by atoms with Gasteiger partial charge in [0.2, 0.25) is 5.91 Å². The molecule has 4 nitrogen and oxygen atoms in total. The number of rotatable bonds is 2. The van der Waals surface area contributed by atoms with Crippen LogP contribution >= 0.6 is 0 Å². The van der Waals surface area contributed by atoms with E-state index in [-0.39, 0.29) is 11.8 Å². The van der Waals surface area contributed by atoms with Crippen LogP contribution in [-0.2, 0) is 4.79 Å². The van der Waals surface area contributed by atoms with Gasteiger partial charge in [0.15, 0.2) is 0 Å². The lowest BCUT2D eigenvalue weighted by molar-refractivity contribution is -0.135. The predicted octanol–water partition coefficient (Wildman–Crippen LogP) is 2.28. The molecule has 1 aliphatic heterocycles. The van der Waals surface area contributed by atoms with E-state index in [9.17, 15) is 4.79 Å². The number of para-hydroxylation sites is 1. The highest BCUT2D eigenvalue weighted by molar-refractivity contribution is 5.85. The van der Waals surface area contributed by atoms with E-state index in [0.717, 1.165) is 43.4 Å². The first-order chi connectivity index (χ1) is 10.2. The highest BCUT2D eigenvalue weighted by Gasteiger charge is 2.33. The smallest absolute Gasteiger partial charge is 0.230 e. The van der Waals surface area contributed by atoms with Crippen molar-refractivity contribution in [1.82, 2.24) is 4.90 Å². The fraction of sp³-hybridized carbons (Fsp3) is 0.588. The molecule has 1 amide bonds. The second-order valence-corrected chi connectivity index (χ2v) is 6.25. The van der Waals surface area contributed by atoms with Gasteiger partial charge in [0.25, 0.3) is 0 Å². The van der Waals surface area contributed by atoms with Gasteiger partial charge in [0.05, 0.1) is 12.5 Å². The standard InChI is InChI=1S/C17H24N2O2/c1-19(13-8-6-12(18)7-9-13)17(20)15-10-11-21-16-5-3-2-4-14(15)16/h2-5,12-13,15H,6-11,18H2,1H3. The monoisotopic (exact) mass is 288 g/mol. The van der Waals surface area contributed by atoms with Gasteiger partial charge in [0.1, 0.15) is 5.75 Å². The normalized spacial score (nSPS) is 28.4. The van der Waals surface area contributed by atoms with Crippen LogP contribution in [0.4, 0.5) is 0 Å². The maximum atomic E-state index is 12.9. The van der Waals surface area contributed by atoms with Crippen molar-refractivity contribution in [3.63, 3.8) is 0 Å². The Morgan fingerprint density at radius 3 is 2.67 bits per heavy atom. The molecule has 114 valence electrons. The van der Waals surface area contributed by atoms with Crippen molar-refractivity contribution in [1.29, 1.82) is 0 Å². The zero-order valence-electron chi connectivity index (χ0n) is 12.6. The zero-order valence-corrected chi connectivity index (χ0v) is 12.6. The molecule has 1 aliphatic carbocycles. The number of amides is 1. The summed E-state index contributed by atoms with van der Waals surface area (Å²) in [6, 6.07) is 8.56. The number of fused-ring (bicyclic) bond motifs is 1. The third kappa shape index (κ3) is 2.91. The maximum absolute atomic E-state index is 12.9. The molecule has 2 aliphatic rings. The van der Waals surface area contributed by atoms with Crippen molar-refractivity contribution in [2.75, 3.05) is 13.7 Å². The number of likely N-dealkylation sites (N-methyl/N-ethyl adjacent to an activating group) is 1. The molecule has 0 aromatic heterocycles. The Morgan fingerprint density at radius 2 is 1.90 bits per heavy atom. The number of carbonyl (C=O) groups excluding carboxylic acids is 1. The summed E-state index contributed by atoms with van der Waals surface area (Å²) in [4.78, 5) is 14.8. The first kappa shape index (κ1) is 14.4. The number of hydrogen-bond donors (Lipinski definition) is 1. The number of benzene rings is 1. The summed E-state index contributed by atoms with van der Waals surface area (Å²) in [5.41, 5.74) is 6.99. The van der Waals surface area contributed by atoms with Crippen molar-refractivity contribution >= 4 is 5.91 Å². The molecule has 1 fully saturated rings. The van der Waals surface area contributed by atoms with Gasteiger partial charge >= 0.3 is 0 Å². The number of carbonyl (C=O) groups is 1. The van der Waals surface area contributed by atoms with Crippen LogP contribution in [0.1, 0.15) is 43.6 Å². The summed E-state index contributed by atoms with van der Waals surface area (Å²) in [5, 5.41) is 0. The first-order valence-corrected chi connectivity index (χ1v) is 7.91. The van der Waals surface area contributed by atoms with Crippen molar-refractivity contribution < 1.29 is 9.53 Å². The van der Waals surface area contributed by atoms with E-state index in [4.69, 9.17) is 10.5 Å². The van der Waals surface area contributed by atoms with Crippen LogP contribution in [-0.4, -0.2) is 36.5 Å². The summed E-state index contributed by atoms with van der Waals surface area (Å²) in [5.74, 6) is 1.03. The molecule has 1 unspecified atom stereocenters. The van der Waals surface area contributed by atoms with E-state index < -0.39 is 0 Å². The van der Waals surface area contributed by atoms with Crippen LogP contribution in [0.25, 0.3) is 0 Å². The van der Waals surface area contributed by atoms with Gasteiger partial charge in [0, 0.05) is 24.7 Å². The Kier molecular flexibility index (Phi) is 4.15. The maximum Gasteiger partial charge on any atom is 0.230 e. The molecule has 21 heavy (non-hydrogen) atoms. The van der Waals surface area contributed by atoms with E-state index in [0.29, 0.717) is 18.7 Å². The first-order valence-electron chi connectivity index (χ1n) is 7.91. The number of hydrogen-bond acceptors (Lipinski definition) is 3. The van der Waals surface area contributed by atoms with Crippen LogP contribution < -0.4 is 10.5 Å². The van der Waals surface area contributed by atoms with Gasteiger partial charge < -0.3 is 15.4 Å². The summed E-state index contributed by atoms with van der Waals surface area (Å²) < 4.78 is 5.66. The van der Waals surface area contributed by atoms with E-state index in [1.165, 1.54) is 0 Å². The molecule has 2 N–H and O–H groups in total. The van der Waals surface area contributed by atoms with Gasteiger partial charge in [-0.25, -0.2) is 0 Å². The average Bonchev–Trinajstić information content (AvgIpc) is 2.53. The van der Waals surface area contributed by atoms with Crippen molar-refractivity contribution in [3.05, 3.63) is 29.8 Å². The average molecular weight is 288 g/mol. The molecule has 1 heterocycles. The van der Waals surface area contributed by atoms with Gasteiger partial charge in [-0.15, -0.1) is 0 Å². The Hall–Kier alpha value is -1.55. The summed E-state index contributed by atoms with van der Waals surface area (Å²) in [7, 11) is 1.95. The highest BCUT2D eigenvalue weighted by Crippen LogP contribution is 2.35. The predicted molar refractivity (Wildman–Crippen MR) is 82.3 cm³/mol. The second-order valence-electron chi connectivity index (χ2n) is 6.25. The fourth-order valence-corrected chi connectivity index (χ4v) is 3.51. The molecule has 3 rings (SSSR count). The van der Waals surface area contributed by atoms with Crippen molar-refractivity contribution in [3.8, 4) is 5.75 Å². The van der Waals surface area contributed by atoms with E-state index in [1.54, 1.807) is 0 Å². The Bertz CT molecular complexity index is 509. The van der Waals surface area contributed by atoms with Crippen LogP contribution in [0.3, 0.4) is 0 Å². The van der Waals surface area contributed by atoms with Crippen LogP contribution in [0.5, 0.6) is 5.75 Å². The quantitative estimate of drug-likeness (QED) is 0.908. The fourth-order valence-electron chi connectivity index (χ4n) is 3.51. The summed E-state index contributed by atoms with van der Waals surface area (Å²) in [6.07, 6.45) is 4.86. The number of nitrogens with two attached hydrogens (primary N) is 1. The molecule has 0 spiro atoms. The molecule has 4 heteroatoms. The molecular formula is C17H24N2O2. The van der Waals surface area contributed by atoms with Gasteiger partial charge in [-0.3, -0.25) is 4.79 Å². The minimum atomic E-state index is -0.0597. The van der Waals surface area contributed by atoms with Crippen LogP contribution in [0.2, 0.25) is 0 Å². The SMILES string of the molecule is CN(C(=O)C1CCOc2ccccc21)C1CCC(N)CC1. The minimum Gasteiger partial charge on any atom is -0.493 e. The molecule has 1 atom stereocenters. The largest absolute Gasteiger partial charge is 0.493 e. The number of nitrogens with zero attached hydrogens (tertiary/aromatic N) is 1.